The third-order valence-corrected chi connectivity index (χ3v) is 2.58. The minimum Gasteiger partial charge on any atom is -0.393 e. The van der Waals surface area contributed by atoms with E-state index in [1.165, 1.54) is 7.05 Å². The Hall–Kier alpha value is -1.57. The SMILES string of the molecule is CCC(O)CCNC(=O)c1cn(C)nc1C(F)(F)F. The first kappa shape index (κ1) is 15.5. The number of halogens is 3. The number of alkyl halides is 3. The van der Waals surface area contributed by atoms with Crippen LogP contribution in [0.25, 0.3) is 0 Å². The molecule has 1 amide bonds. The normalized spacial score (nSPS) is 13.4. The number of hydrogen-bond donors (Lipinski definition) is 2. The predicted molar refractivity (Wildman–Crippen MR) is 61.5 cm³/mol. The van der Waals surface area contributed by atoms with Gasteiger partial charge in [0.15, 0.2) is 5.69 Å². The third-order valence-electron chi connectivity index (χ3n) is 2.58. The zero-order valence-electron chi connectivity index (χ0n) is 10.7. The third kappa shape index (κ3) is 4.23. The summed E-state index contributed by atoms with van der Waals surface area (Å²) in [6.07, 6.45) is -3.40. The molecule has 0 aliphatic heterocycles. The lowest BCUT2D eigenvalue weighted by Crippen LogP contribution is -2.28. The van der Waals surface area contributed by atoms with Gasteiger partial charge in [-0.3, -0.25) is 9.48 Å². The van der Waals surface area contributed by atoms with Crippen LogP contribution in [0.15, 0.2) is 6.20 Å². The van der Waals surface area contributed by atoms with E-state index in [2.05, 4.69) is 10.4 Å². The van der Waals surface area contributed by atoms with Gasteiger partial charge in [0.2, 0.25) is 0 Å². The largest absolute Gasteiger partial charge is 0.435 e. The van der Waals surface area contributed by atoms with Crippen molar-refractivity contribution in [1.82, 2.24) is 15.1 Å². The number of aliphatic hydroxyl groups is 1. The van der Waals surface area contributed by atoms with Gasteiger partial charge in [0.05, 0.1) is 11.7 Å². The number of carbonyl (C=O) groups is 1. The molecule has 108 valence electrons. The van der Waals surface area contributed by atoms with Crippen molar-refractivity contribution in [2.45, 2.75) is 32.0 Å². The molecule has 5 nitrogen and oxygen atoms in total. The molecule has 0 bridgehead atoms. The first-order chi connectivity index (χ1) is 8.75. The lowest BCUT2D eigenvalue weighted by molar-refractivity contribution is -0.141. The van der Waals surface area contributed by atoms with Crippen LogP contribution in [0.5, 0.6) is 0 Å². The highest BCUT2D eigenvalue weighted by Gasteiger charge is 2.38. The molecule has 1 aromatic rings. The second-order valence-electron chi connectivity index (χ2n) is 4.17. The number of aryl methyl sites for hydroxylation is 1. The van der Waals surface area contributed by atoms with Gasteiger partial charge in [-0.25, -0.2) is 0 Å². The Labute approximate surface area is 108 Å². The predicted octanol–water partition coefficient (Wildman–Crippen LogP) is 1.33. The Morgan fingerprint density at radius 1 is 1.58 bits per heavy atom. The van der Waals surface area contributed by atoms with Crippen molar-refractivity contribution in [1.29, 1.82) is 0 Å². The molecule has 1 aromatic heterocycles. The van der Waals surface area contributed by atoms with Crippen LogP contribution in [0.2, 0.25) is 0 Å². The number of nitrogens with one attached hydrogen (secondary N) is 1. The van der Waals surface area contributed by atoms with Crippen molar-refractivity contribution in [3.63, 3.8) is 0 Å². The lowest BCUT2D eigenvalue weighted by atomic mass is 10.2. The van der Waals surface area contributed by atoms with Gasteiger partial charge in [-0.15, -0.1) is 0 Å². The maximum atomic E-state index is 12.6. The minimum absolute atomic E-state index is 0.111. The maximum Gasteiger partial charge on any atom is 0.435 e. The summed E-state index contributed by atoms with van der Waals surface area (Å²) in [4.78, 5) is 11.6. The number of aliphatic hydroxyl groups excluding tert-OH is 1. The topological polar surface area (TPSA) is 67.2 Å². The van der Waals surface area contributed by atoms with E-state index < -0.39 is 29.4 Å². The average Bonchev–Trinajstić information content (AvgIpc) is 2.70. The second kappa shape index (κ2) is 6.05. The number of hydrogen-bond acceptors (Lipinski definition) is 3. The Kier molecular flexibility index (Phi) is 4.93. The van der Waals surface area contributed by atoms with Crippen LogP contribution in [0, 0.1) is 0 Å². The Morgan fingerprint density at radius 2 is 2.21 bits per heavy atom. The molecule has 0 aliphatic rings. The Morgan fingerprint density at radius 3 is 2.74 bits per heavy atom. The van der Waals surface area contributed by atoms with Gasteiger partial charge in [0.1, 0.15) is 0 Å². The van der Waals surface area contributed by atoms with E-state index >= 15 is 0 Å². The molecule has 0 fully saturated rings. The molecule has 2 N–H and O–H groups in total. The van der Waals surface area contributed by atoms with Gasteiger partial charge in [0, 0.05) is 19.8 Å². The van der Waals surface area contributed by atoms with E-state index in [1.54, 1.807) is 6.92 Å². The molecule has 1 rings (SSSR count). The van der Waals surface area contributed by atoms with Crippen LogP contribution in [-0.4, -0.2) is 33.4 Å². The summed E-state index contributed by atoms with van der Waals surface area (Å²) in [5.41, 5.74) is -1.72. The molecule has 0 spiro atoms. The molecule has 1 atom stereocenters. The number of rotatable bonds is 5. The van der Waals surface area contributed by atoms with Crippen LogP contribution in [0.1, 0.15) is 35.8 Å². The smallest absolute Gasteiger partial charge is 0.393 e. The fourth-order valence-corrected chi connectivity index (χ4v) is 1.52. The molecule has 0 saturated carbocycles. The Balaban J connectivity index is 2.72. The molecule has 19 heavy (non-hydrogen) atoms. The fourth-order valence-electron chi connectivity index (χ4n) is 1.52. The first-order valence-electron chi connectivity index (χ1n) is 5.82. The molecule has 1 unspecified atom stereocenters. The lowest BCUT2D eigenvalue weighted by Gasteiger charge is -2.09. The summed E-state index contributed by atoms with van der Waals surface area (Å²) < 4.78 is 38.8. The van der Waals surface area contributed by atoms with Crippen molar-refractivity contribution in [3.8, 4) is 0 Å². The highest BCUT2D eigenvalue weighted by Crippen LogP contribution is 2.30. The Bertz CT molecular complexity index is 443. The van der Waals surface area contributed by atoms with Crippen LogP contribution in [0.4, 0.5) is 13.2 Å². The van der Waals surface area contributed by atoms with Crippen molar-refractivity contribution in [3.05, 3.63) is 17.5 Å². The summed E-state index contributed by atoms with van der Waals surface area (Å²) in [6.45, 7) is 1.88. The number of carbonyl (C=O) groups excluding carboxylic acids is 1. The van der Waals surface area contributed by atoms with Gasteiger partial charge >= 0.3 is 6.18 Å². The van der Waals surface area contributed by atoms with Gasteiger partial charge in [-0.1, -0.05) is 6.92 Å². The monoisotopic (exact) mass is 279 g/mol. The van der Waals surface area contributed by atoms with Gasteiger partial charge in [-0.2, -0.15) is 18.3 Å². The van der Waals surface area contributed by atoms with E-state index in [-0.39, 0.29) is 6.54 Å². The summed E-state index contributed by atoms with van der Waals surface area (Å²) in [5.74, 6) is -0.844. The highest BCUT2D eigenvalue weighted by molar-refractivity contribution is 5.95. The summed E-state index contributed by atoms with van der Waals surface area (Å²) >= 11 is 0. The van der Waals surface area contributed by atoms with Gasteiger partial charge < -0.3 is 10.4 Å². The van der Waals surface area contributed by atoms with Crippen molar-refractivity contribution >= 4 is 5.91 Å². The molecular weight excluding hydrogens is 263 g/mol. The summed E-state index contributed by atoms with van der Waals surface area (Å²) in [5, 5.41) is 14.9. The number of aromatic nitrogens is 2. The van der Waals surface area contributed by atoms with Crippen LogP contribution < -0.4 is 5.32 Å². The molecule has 8 heteroatoms. The summed E-state index contributed by atoms with van der Waals surface area (Å²) in [6, 6.07) is 0. The van der Waals surface area contributed by atoms with Crippen LogP contribution in [-0.2, 0) is 13.2 Å². The molecule has 0 aromatic carbocycles. The quantitative estimate of drug-likeness (QED) is 0.854. The number of amides is 1. The standard InChI is InChI=1S/C11H16F3N3O2/c1-3-7(18)4-5-15-10(19)8-6-17(2)16-9(8)11(12,13)14/h6-7,18H,3-5H2,1-2H3,(H,15,19). The van der Waals surface area contributed by atoms with Crippen molar-refractivity contribution in [2.24, 2.45) is 7.05 Å². The van der Waals surface area contributed by atoms with E-state index in [1.807, 2.05) is 0 Å². The maximum absolute atomic E-state index is 12.6. The average molecular weight is 279 g/mol. The van der Waals surface area contributed by atoms with Gasteiger partial charge in [-0.05, 0) is 12.8 Å². The van der Waals surface area contributed by atoms with Crippen LogP contribution in [0.3, 0.4) is 0 Å². The van der Waals surface area contributed by atoms with E-state index in [0.717, 1.165) is 10.9 Å². The minimum atomic E-state index is -4.67. The molecule has 0 radical (unpaired) electrons. The van der Waals surface area contributed by atoms with E-state index in [9.17, 15) is 23.1 Å². The highest BCUT2D eigenvalue weighted by atomic mass is 19.4. The van der Waals surface area contributed by atoms with Crippen molar-refractivity contribution in [2.75, 3.05) is 6.54 Å². The van der Waals surface area contributed by atoms with Gasteiger partial charge in [0.25, 0.3) is 5.91 Å². The van der Waals surface area contributed by atoms with Crippen LogP contribution >= 0.6 is 0 Å². The number of nitrogens with zero attached hydrogens (tertiary/aromatic N) is 2. The second-order valence-corrected chi connectivity index (χ2v) is 4.17. The first-order valence-corrected chi connectivity index (χ1v) is 5.82. The fraction of sp³-hybridized carbons (Fsp3) is 0.636. The zero-order valence-corrected chi connectivity index (χ0v) is 10.7. The molecular formula is C11H16F3N3O2. The van der Waals surface area contributed by atoms with E-state index in [4.69, 9.17) is 0 Å². The van der Waals surface area contributed by atoms with Crippen molar-refractivity contribution < 1.29 is 23.1 Å². The molecule has 0 saturated heterocycles. The van der Waals surface area contributed by atoms with E-state index in [0.29, 0.717) is 12.8 Å². The zero-order chi connectivity index (χ0) is 14.6. The summed E-state index contributed by atoms with van der Waals surface area (Å²) in [7, 11) is 1.31. The molecule has 1 heterocycles. The molecule has 0 aliphatic carbocycles.